The van der Waals surface area contributed by atoms with Gasteiger partial charge in [0, 0.05) is 48.6 Å². The van der Waals surface area contributed by atoms with E-state index in [1.54, 1.807) is 25.4 Å². The first kappa shape index (κ1) is 20.1. The van der Waals surface area contributed by atoms with Crippen LogP contribution in [0, 0.1) is 5.92 Å². The second kappa shape index (κ2) is 9.07. The highest BCUT2D eigenvalue weighted by atomic mass is 16.5. The summed E-state index contributed by atoms with van der Waals surface area (Å²) in [7, 11) is 1.55. The third kappa shape index (κ3) is 4.35. The van der Waals surface area contributed by atoms with Crippen molar-refractivity contribution in [2.45, 2.75) is 32.1 Å². The Kier molecular flexibility index (Phi) is 6.07. The molecule has 7 heteroatoms. The summed E-state index contributed by atoms with van der Waals surface area (Å²) in [6.45, 7) is 1.23. The normalized spacial score (nSPS) is 14.8. The smallest absolute Gasteiger partial charge is 0.222 e. The summed E-state index contributed by atoms with van der Waals surface area (Å²) in [6.07, 6.45) is 4.84. The van der Waals surface area contributed by atoms with E-state index in [1.807, 2.05) is 29.2 Å². The zero-order valence-electron chi connectivity index (χ0n) is 17.0. The van der Waals surface area contributed by atoms with Crippen LogP contribution < -0.4 is 4.74 Å². The number of hydrogen-bond donors (Lipinski definition) is 0. The number of piperidine rings is 1. The molecule has 0 aliphatic carbocycles. The molecule has 0 N–H and O–H groups in total. The molecule has 3 heterocycles. The number of amides is 1. The third-order valence-electron chi connectivity index (χ3n) is 5.70. The maximum absolute atomic E-state index is 12.7. The summed E-state index contributed by atoms with van der Waals surface area (Å²) in [5, 5.41) is 5.13. The molecule has 0 saturated carbocycles. The summed E-state index contributed by atoms with van der Waals surface area (Å²) in [5.41, 5.74) is 2.27. The van der Waals surface area contributed by atoms with Crippen LogP contribution in [0.4, 0.5) is 0 Å². The van der Waals surface area contributed by atoms with Crippen LogP contribution in [0.15, 0.2) is 47.1 Å². The maximum atomic E-state index is 12.7. The Morgan fingerprint density at radius 2 is 1.97 bits per heavy atom. The molecule has 0 bridgehead atoms. The van der Waals surface area contributed by atoms with Crippen LogP contribution >= 0.6 is 0 Å². The fourth-order valence-electron chi connectivity index (χ4n) is 3.96. The van der Waals surface area contributed by atoms with Crippen molar-refractivity contribution >= 4 is 22.7 Å². The molecule has 1 saturated heterocycles. The van der Waals surface area contributed by atoms with Gasteiger partial charge in [0.1, 0.15) is 0 Å². The first-order chi connectivity index (χ1) is 14.7. The van der Waals surface area contributed by atoms with E-state index in [0.717, 1.165) is 23.1 Å². The van der Waals surface area contributed by atoms with Crippen molar-refractivity contribution in [3.8, 4) is 5.88 Å². The lowest BCUT2D eigenvalue weighted by Gasteiger charge is -2.31. The fourth-order valence-corrected chi connectivity index (χ4v) is 3.96. The zero-order valence-corrected chi connectivity index (χ0v) is 17.0. The largest absolute Gasteiger partial charge is 0.481 e. The number of nitrogens with zero attached hydrogens (tertiary/aromatic N) is 3. The Morgan fingerprint density at radius 1 is 1.17 bits per heavy atom. The maximum Gasteiger partial charge on any atom is 0.222 e. The van der Waals surface area contributed by atoms with E-state index in [1.165, 1.54) is 0 Å². The highest BCUT2D eigenvalue weighted by Crippen LogP contribution is 2.24. The summed E-state index contributed by atoms with van der Waals surface area (Å²) in [4.78, 5) is 31.2. The summed E-state index contributed by atoms with van der Waals surface area (Å²) in [5.74, 6) is 0.659. The van der Waals surface area contributed by atoms with Gasteiger partial charge in [0.2, 0.25) is 11.8 Å². The number of aryl methyl sites for hydroxylation is 1. The van der Waals surface area contributed by atoms with Crippen molar-refractivity contribution in [2.24, 2.45) is 5.92 Å². The predicted molar refractivity (Wildman–Crippen MR) is 111 cm³/mol. The number of aromatic nitrogens is 2. The molecule has 3 aromatic rings. The van der Waals surface area contributed by atoms with E-state index in [9.17, 15) is 9.59 Å². The predicted octanol–water partition coefficient (Wildman–Crippen LogP) is 3.68. The molecule has 0 unspecified atom stereocenters. The molecular weight excluding hydrogens is 382 g/mol. The van der Waals surface area contributed by atoms with Gasteiger partial charge in [-0.25, -0.2) is 4.98 Å². The van der Waals surface area contributed by atoms with Crippen LogP contribution in [-0.2, 0) is 11.2 Å². The van der Waals surface area contributed by atoms with Crippen LogP contribution in [0.3, 0.4) is 0 Å². The van der Waals surface area contributed by atoms with Crippen LogP contribution in [0.5, 0.6) is 5.88 Å². The Balaban J connectivity index is 1.24. The van der Waals surface area contributed by atoms with E-state index in [0.29, 0.717) is 50.2 Å². The fraction of sp³-hybridized carbons (Fsp3) is 0.391. The molecule has 1 amide bonds. The molecule has 30 heavy (non-hydrogen) atoms. The lowest BCUT2D eigenvalue weighted by Crippen LogP contribution is -2.40. The summed E-state index contributed by atoms with van der Waals surface area (Å²) >= 11 is 0. The minimum atomic E-state index is -0.0641. The van der Waals surface area contributed by atoms with Gasteiger partial charge in [-0.3, -0.25) is 9.59 Å². The average Bonchev–Trinajstić information content (AvgIpc) is 3.22. The quantitative estimate of drug-likeness (QED) is 0.556. The van der Waals surface area contributed by atoms with Crippen LogP contribution in [-0.4, -0.2) is 46.9 Å². The first-order valence-electron chi connectivity index (χ1n) is 10.3. The highest BCUT2D eigenvalue weighted by Gasteiger charge is 2.28. The standard InChI is InChI=1S/C23H25N3O4/c1-29-21-10-9-17(15-24-21)23(28)16-11-13-26(14-12-16)22(27)8-4-6-19-18-5-2-3-7-20(18)30-25-19/h2-3,5,7,9-10,15-16H,4,6,8,11-14H2,1H3. The lowest BCUT2D eigenvalue weighted by molar-refractivity contribution is -0.132. The Bertz CT molecular complexity index is 1020. The number of methoxy groups -OCH3 is 1. The molecule has 2 aromatic heterocycles. The summed E-state index contributed by atoms with van der Waals surface area (Å²) < 4.78 is 10.4. The molecule has 0 spiro atoms. The first-order valence-corrected chi connectivity index (χ1v) is 10.3. The highest BCUT2D eigenvalue weighted by molar-refractivity contribution is 5.97. The SMILES string of the molecule is COc1ccc(C(=O)C2CCN(C(=O)CCCc3noc4ccccc34)CC2)cn1. The molecule has 156 valence electrons. The van der Waals surface area contributed by atoms with Gasteiger partial charge in [-0.1, -0.05) is 17.3 Å². The number of fused-ring (bicyclic) bond motifs is 1. The molecule has 7 nitrogen and oxygen atoms in total. The molecule has 1 aliphatic heterocycles. The van der Waals surface area contributed by atoms with Gasteiger partial charge in [-0.15, -0.1) is 0 Å². The topological polar surface area (TPSA) is 85.5 Å². The number of hydrogen-bond acceptors (Lipinski definition) is 6. The Hall–Kier alpha value is -3.22. The van der Waals surface area contributed by atoms with Gasteiger partial charge in [-0.2, -0.15) is 0 Å². The number of pyridine rings is 1. The van der Waals surface area contributed by atoms with Crippen LogP contribution in [0.2, 0.25) is 0 Å². The molecule has 1 aliphatic rings. The van der Waals surface area contributed by atoms with E-state index < -0.39 is 0 Å². The molecule has 1 fully saturated rings. The van der Waals surface area contributed by atoms with Crippen LogP contribution in [0.1, 0.15) is 41.7 Å². The number of Topliss-reactive ketones (excluding diaryl/α,β-unsaturated/α-hetero) is 1. The van der Waals surface area contributed by atoms with E-state index in [-0.39, 0.29) is 17.6 Å². The monoisotopic (exact) mass is 407 g/mol. The third-order valence-corrected chi connectivity index (χ3v) is 5.70. The Morgan fingerprint density at radius 3 is 2.70 bits per heavy atom. The lowest BCUT2D eigenvalue weighted by atomic mass is 9.89. The van der Waals surface area contributed by atoms with Gasteiger partial charge in [0.25, 0.3) is 0 Å². The second-order valence-corrected chi connectivity index (χ2v) is 7.59. The Labute approximate surface area is 175 Å². The number of carbonyl (C=O) groups is 2. The second-order valence-electron chi connectivity index (χ2n) is 7.59. The zero-order chi connectivity index (χ0) is 20.9. The van der Waals surface area contributed by atoms with E-state index >= 15 is 0 Å². The van der Waals surface area contributed by atoms with Crippen molar-refractivity contribution in [1.29, 1.82) is 0 Å². The molecule has 4 rings (SSSR count). The van der Waals surface area contributed by atoms with Crippen molar-refractivity contribution in [3.05, 3.63) is 53.9 Å². The minimum Gasteiger partial charge on any atom is -0.481 e. The average molecular weight is 407 g/mol. The molecule has 1 aromatic carbocycles. The number of benzene rings is 1. The van der Waals surface area contributed by atoms with Gasteiger partial charge < -0.3 is 14.2 Å². The number of ketones is 1. The molecule has 0 radical (unpaired) electrons. The molecular formula is C23H25N3O4. The molecule has 0 atom stereocenters. The number of para-hydroxylation sites is 1. The van der Waals surface area contributed by atoms with Crippen molar-refractivity contribution in [3.63, 3.8) is 0 Å². The van der Waals surface area contributed by atoms with Gasteiger partial charge >= 0.3 is 0 Å². The van der Waals surface area contributed by atoms with Gasteiger partial charge in [-0.05, 0) is 43.9 Å². The van der Waals surface area contributed by atoms with Gasteiger partial charge in [0.15, 0.2) is 11.4 Å². The van der Waals surface area contributed by atoms with E-state index in [2.05, 4.69) is 10.1 Å². The van der Waals surface area contributed by atoms with E-state index in [4.69, 9.17) is 9.26 Å². The minimum absolute atomic E-state index is 0.0641. The number of rotatable bonds is 7. The van der Waals surface area contributed by atoms with Crippen molar-refractivity contribution in [1.82, 2.24) is 15.0 Å². The summed E-state index contributed by atoms with van der Waals surface area (Å²) in [6, 6.07) is 11.2. The van der Waals surface area contributed by atoms with Crippen molar-refractivity contribution in [2.75, 3.05) is 20.2 Å². The number of ether oxygens (including phenoxy) is 1. The number of likely N-dealkylation sites (tertiary alicyclic amines) is 1. The van der Waals surface area contributed by atoms with Gasteiger partial charge in [0.05, 0.1) is 12.8 Å². The van der Waals surface area contributed by atoms with Crippen molar-refractivity contribution < 1.29 is 18.8 Å². The van der Waals surface area contributed by atoms with Crippen LogP contribution in [0.25, 0.3) is 11.0 Å². The number of carbonyl (C=O) groups excluding carboxylic acids is 2.